The summed E-state index contributed by atoms with van der Waals surface area (Å²) in [6.07, 6.45) is 5.70. The highest BCUT2D eigenvalue weighted by Gasteiger charge is 2.34. The third-order valence-electron chi connectivity index (χ3n) is 4.75. The minimum absolute atomic E-state index is 0.0993. The van der Waals surface area contributed by atoms with Crippen molar-refractivity contribution >= 4 is 23.4 Å². The molecule has 2 amide bonds. The van der Waals surface area contributed by atoms with E-state index in [2.05, 4.69) is 0 Å². The van der Waals surface area contributed by atoms with Crippen LogP contribution < -0.4 is 0 Å². The van der Waals surface area contributed by atoms with Gasteiger partial charge in [0, 0.05) is 38.0 Å². The van der Waals surface area contributed by atoms with Gasteiger partial charge in [-0.05, 0) is 26.7 Å². The smallest absolute Gasteiger partial charge is 0.229 e. The van der Waals surface area contributed by atoms with Crippen LogP contribution in [0.3, 0.4) is 0 Å². The van der Waals surface area contributed by atoms with Crippen LogP contribution in [0, 0.1) is 11.3 Å². The molecule has 1 saturated carbocycles. The third kappa shape index (κ3) is 3.91. The summed E-state index contributed by atoms with van der Waals surface area (Å²) in [4.78, 5) is 28.7. The Labute approximate surface area is 132 Å². The summed E-state index contributed by atoms with van der Waals surface area (Å²) in [5, 5.41) is 0. The van der Waals surface area contributed by atoms with E-state index in [1.54, 1.807) is 0 Å². The van der Waals surface area contributed by atoms with E-state index >= 15 is 0 Å². The minimum atomic E-state index is -0.517. The van der Waals surface area contributed by atoms with Gasteiger partial charge in [0.15, 0.2) is 0 Å². The summed E-state index contributed by atoms with van der Waals surface area (Å²) >= 11 is 5.88. The fraction of sp³-hybridized carbons (Fsp3) is 0.875. The van der Waals surface area contributed by atoms with Gasteiger partial charge in [0.2, 0.25) is 11.8 Å². The van der Waals surface area contributed by atoms with Gasteiger partial charge in [0.05, 0.1) is 5.41 Å². The minimum Gasteiger partial charge on any atom is -0.339 e. The van der Waals surface area contributed by atoms with Gasteiger partial charge in [-0.2, -0.15) is 0 Å². The predicted molar refractivity (Wildman–Crippen MR) is 84.2 cm³/mol. The van der Waals surface area contributed by atoms with E-state index in [1.807, 2.05) is 23.6 Å². The average Bonchev–Trinajstić information content (AvgIpc) is 2.54. The topological polar surface area (TPSA) is 40.6 Å². The molecule has 0 unspecified atom stereocenters. The van der Waals surface area contributed by atoms with Crippen molar-refractivity contribution in [2.45, 2.75) is 46.0 Å². The Bertz CT molecular complexity index is 384. The summed E-state index contributed by atoms with van der Waals surface area (Å²) in [5.41, 5.74) is -0.517. The van der Waals surface area contributed by atoms with E-state index in [1.165, 1.54) is 19.3 Å². The van der Waals surface area contributed by atoms with Crippen LogP contribution in [-0.2, 0) is 9.59 Å². The summed E-state index contributed by atoms with van der Waals surface area (Å²) in [5.74, 6) is 0.952. The summed E-state index contributed by atoms with van der Waals surface area (Å²) in [6.45, 7) is 6.36. The number of carbonyl (C=O) groups excluding carboxylic acids is 2. The number of carbonyl (C=O) groups is 2. The van der Waals surface area contributed by atoms with E-state index in [0.717, 1.165) is 12.8 Å². The molecular weight excluding hydrogens is 288 g/mol. The Morgan fingerprint density at radius 1 is 1.00 bits per heavy atom. The molecule has 120 valence electrons. The van der Waals surface area contributed by atoms with Gasteiger partial charge in [-0.1, -0.05) is 19.3 Å². The van der Waals surface area contributed by atoms with Gasteiger partial charge >= 0.3 is 0 Å². The fourth-order valence-electron chi connectivity index (χ4n) is 3.22. The van der Waals surface area contributed by atoms with Crippen LogP contribution in [0.15, 0.2) is 0 Å². The molecule has 0 aromatic heterocycles. The molecule has 4 nitrogen and oxygen atoms in total. The van der Waals surface area contributed by atoms with Crippen molar-refractivity contribution in [1.29, 1.82) is 0 Å². The number of amides is 2. The first-order chi connectivity index (χ1) is 9.95. The maximum atomic E-state index is 12.5. The lowest BCUT2D eigenvalue weighted by Gasteiger charge is -2.39. The van der Waals surface area contributed by atoms with Crippen LogP contribution in [0.25, 0.3) is 0 Å². The second-order valence-corrected chi connectivity index (χ2v) is 7.24. The number of rotatable bonds is 3. The van der Waals surface area contributed by atoms with Crippen LogP contribution in [0.4, 0.5) is 0 Å². The van der Waals surface area contributed by atoms with E-state index in [9.17, 15) is 9.59 Å². The lowest BCUT2D eigenvalue weighted by Crippen LogP contribution is -2.54. The Hall–Kier alpha value is -0.770. The zero-order valence-corrected chi connectivity index (χ0v) is 14.0. The monoisotopic (exact) mass is 314 g/mol. The quantitative estimate of drug-likeness (QED) is 0.751. The van der Waals surface area contributed by atoms with E-state index in [4.69, 9.17) is 11.6 Å². The van der Waals surface area contributed by atoms with Crippen LogP contribution >= 0.6 is 11.6 Å². The first-order valence-electron chi connectivity index (χ1n) is 8.10. The number of halogens is 1. The Morgan fingerprint density at radius 2 is 1.52 bits per heavy atom. The number of alkyl halides is 1. The molecule has 0 spiro atoms. The van der Waals surface area contributed by atoms with Crippen LogP contribution in [0.5, 0.6) is 0 Å². The van der Waals surface area contributed by atoms with Gasteiger partial charge in [0.1, 0.15) is 0 Å². The van der Waals surface area contributed by atoms with Crippen molar-refractivity contribution in [3.8, 4) is 0 Å². The lowest BCUT2D eigenvalue weighted by atomic mass is 9.88. The third-order valence-corrected chi connectivity index (χ3v) is 5.41. The van der Waals surface area contributed by atoms with Gasteiger partial charge in [-0.15, -0.1) is 11.6 Å². The Balaban J connectivity index is 1.85. The molecule has 1 aliphatic heterocycles. The molecule has 1 heterocycles. The molecule has 0 aromatic rings. The normalized spacial score (nSPS) is 21.5. The predicted octanol–water partition coefficient (Wildman–Crippen LogP) is 2.50. The van der Waals surface area contributed by atoms with Crippen molar-refractivity contribution in [3.05, 3.63) is 0 Å². The Morgan fingerprint density at radius 3 is 2.05 bits per heavy atom. The molecule has 2 fully saturated rings. The van der Waals surface area contributed by atoms with Gasteiger partial charge in [0.25, 0.3) is 0 Å². The highest BCUT2D eigenvalue weighted by Crippen LogP contribution is 2.26. The van der Waals surface area contributed by atoms with Gasteiger partial charge in [-0.3, -0.25) is 9.59 Å². The number of hydrogen-bond acceptors (Lipinski definition) is 2. The van der Waals surface area contributed by atoms with Crippen LogP contribution in [-0.4, -0.2) is 53.7 Å². The summed E-state index contributed by atoms with van der Waals surface area (Å²) in [6, 6.07) is 0. The lowest BCUT2D eigenvalue weighted by molar-refractivity contribution is -0.146. The first kappa shape index (κ1) is 16.6. The molecule has 0 bridgehead atoms. The zero-order chi connectivity index (χ0) is 15.5. The highest BCUT2D eigenvalue weighted by atomic mass is 35.5. The molecule has 1 saturated heterocycles. The molecule has 2 aliphatic rings. The molecule has 0 aromatic carbocycles. The fourth-order valence-corrected chi connectivity index (χ4v) is 3.34. The second kappa shape index (κ2) is 6.99. The van der Waals surface area contributed by atoms with Crippen molar-refractivity contribution in [3.63, 3.8) is 0 Å². The molecule has 0 radical (unpaired) electrons. The zero-order valence-electron chi connectivity index (χ0n) is 13.2. The maximum absolute atomic E-state index is 12.5. The van der Waals surface area contributed by atoms with Crippen molar-refractivity contribution in [2.24, 2.45) is 11.3 Å². The molecule has 2 rings (SSSR count). The maximum Gasteiger partial charge on any atom is 0.229 e. The molecule has 0 N–H and O–H groups in total. The van der Waals surface area contributed by atoms with E-state index in [0.29, 0.717) is 38.0 Å². The van der Waals surface area contributed by atoms with Crippen molar-refractivity contribution < 1.29 is 9.59 Å². The molecule has 5 heteroatoms. The van der Waals surface area contributed by atoms with Gasteiger partial charge in [-0.25, -0.2) is 0 Å². The number of hydrogen-bond donors (Lipinski definition) is 0. The molecular formula is C16H27ClN2O2. The number of nitrogens with zero attached hydrogens (tertiary/aromatic N) is 2. The van der Waals surface area contributed by atoms with Gasteiger partial charge < -0.3 is 9.80 Å². The molecule has 21 heavy (non-hydrogen) atoms. The van der Waals surface area contributed by atoms with E-state index < -0.39 is 5.41 Å². The molecule has 1 aliphatic carbocycles. The first-order valence-corrected chi connectivity index (χ1v) is 8.63. The van der Waals surface area contributed by atoms with Crippen LogP contribution in [0.2, 0.25) is 0 Å². The van der Waals surface area contributed by atoms with Crippen molar-refractivity contribution in [2.75, 3.05) is 32.1 Å². The molecule has 0 atom stereocenters. The van der Waals surface area contributed by atoms with Crippen LogP contribution in [0.1, 0.15) is 46.0 Å². The standard InChI is InChI=1S/C16H27ClN2O2/c1-16(2,12-17)15(21)19-10-8-18(9-11-19)14(20)13-6-4-3-5-7-13/h13H,3-12H2,1-2H3. The second-order valence-electron chi connectivity index (χ2n) is 6.97. The largest absolute Gasteiger partial charge is 0.339 e. The SMILES string of the molecule is CC(C)(CCl)C(=O)N1CCN(C(=O)C2CCCCC2)CC1. The van der Waals surface area contributed by atoms with Crippen molar-refractivity contribution in [1.82, 2.24) is 9.80 Å². The highest BCUT2D eigenvalue weighted by molar-refractivity contribution is 6.19. The summed E-state index contributed by atoms with van der Waals surface area (Å²) in [7, 11) is 0. The average molecular weight is 315 g/mol. The van der Waals surface area contributed by atoms with E-state index in [-0.39, 0.29) is 11.8 Å². The summed E-state index contributed by atoms with van der Waals surface area (Å²) < 4.78 is 0. The number of piperazine rings is 1. The Kier molecular flexibility index (Phi) is 5.53.